The molecule has 3 nitrogen and oxygen atoms in total. The van der Waals surface area contributed by atoms with Crippen molar-refractivity contribution in [3.63, 3.8) is 0 Å². The van der Waals surface area contributed by atoms with E-state index in [1.807, 2.05) is 0 Å². The lowest BCUT2D eigenvalue weighted by Crippen LogP contribution is -2.24. The van der Waals surface area contributed by atoms with Crippen LogP contribution in [0.3, 0.4) is 0 Å². The second-order valence-electron chi connectivity index (χ2n) is 5.04. The number of halogens is 4. The normalized spacial score (nSPS) is 14.1. The lowest BCUT2D eigenvalue weighted by Gasteiger charge is -2.18. The highest BCUT2D eigenvalue weighted by molar-refractivity contribution is 6.10. The lowest BCUT2D eigenvalue weighted by molar-refractivity contribution is -0.137. The number of nitrogens with zero attached hydrogens (tertiary/aromatic N) is 1. The van der Waals surface area contributed by atoms with Crippen LogP contribution in [0.25, 0.3) is 0 Å². The van der Waals surface area contributed by atoms with Crippen molar-refractivity contribution < 1.29 is 27.1 Å². The molecule has 1 amide bonds. The van der Waals surface area contributed by atoms with E-state index in [9.17, 15) is 22.4 Å². The van der Waals surface area contributed by atoms with Gasteiger partial charge in [-0.1, -0.05) is 6.07 Å². The average Bonchev–Trinajstić information content (AvgIpc) is 2.83. The molecule has 1 heterocycles. The van der Waals surface area contributed by atoms with Crippen LogP contribution in [-0.4, -0.2) is 13.0 Å². The predicted molar refractivity (Wildman–Crippen MR) is 74.9 cm³/mol. The third-order valence-electron chi connectivity index (χ3n) is 3.71. The molecule has 0 aromatic heterocycles. The number of alkyl halides is 3. The molecule has 0 unspecified atom stereocenters. The summed E-state index contributed by atoms with van der Waals surface area (Å²) in [6.07, 6.45) is -4.64. The van der Waals surface area contributed by atoms with Crippen molar-refractivity contribution in [1.82, 2.24) is 0 Å². The maximum Gasteiger partial charge on any atom is 0.416 e. The molecule has 3 rings (SSSR count). The molecule has 1 aliphatic rings. The maximum absolute atomic E-state index is 14.1. The van der Waals surface area contributed by atoms with E-state index >= 15 is 0 Å². The number of ether oxygens (including phenoxy) is 1. The Morgan fingerprint density at radius 3 is 2.52 bits per heavy atom. The van der Waals surface area contributed by atoms with E-state index in [0.717, 1.165) is 17.0 Å². The van der Waals surface area contributed by atoms with Crippen LogP contribution in [0.4, 0.5) is 23.2 Å². The zero-order chi connectivity index (χ0) is 16.8. The van der Waals surface area contributed by atoms with Crippen LogP contribution in [0.15, 0.2) is 36.4 Å². The molecule has 1 aliphatic heterocycles. The fourth-order valence-electron chi connectivity index (χ4n) is 2.59. The Morgan fingerprint density at radius 1 is 1.17 bits per heavy atom. The van der Waals surface area contributed by atoms with E-state index in [-0.39, 0.29) is 12.2 Å². The van der Waals surface area contributed by atoms with Crippen LogP contribution in [0, 0.1) is 5.82 Å². The first kappa shape index (κ1) is 15.3. The summed E-state index contributed by atoms with van der Waals surface area (Å²) >= 11 is 0. The molecular weight excluding hydrogens is 314 g/mol. The van der Waals surface area contributed by atoms with Gasteiger partial charge in [0.05, 0.1) is 24.9 Å². The van der Waals surface area contributed by atoms with Crippen molar-refractivity contribution >= 4 is 11.6 Å². The first-order valence-electron chi connectivity index (χ1n) is 6.67. The number of anilines is 1. The Labute approximate surface area is 129 Å². The summed E-state index contributed by atoms with van der Waals surface area (Å²) in [5, 5.41) is 0. The van der Waals surface area contributed by atoms with E-state index in [4.69, 9.17) is 4.74 Å². The summed E-state index contributed by atoms with van der Waals surface area (Å²) < 4.78 is 57.1. The lowest BCUT2D eigenvalue weighted by atomic mass is 10.1. The van der Waals surface area contributed by atoms with Gasteiger partial charge in [0.1, 0.15) is 11.6 Å². The number of hydrogen-bond donors (Lipinski definition) is 0. The van der Waals surface area contributed by atoms with Crippen LogP contribution in [0.5, 0.6) is 5.75 Å². The van der Waals surface area contributed by atoms with Crippen LogP contribution in [-0.2, 0) is 12.7 Å². The molecule has 0 N–H and O–H groups in total. The number of carbonyl (C=O) groups excluding carboxylic acids is 1. The highest BCUT2D eigenvalue weighted by atomic mass is 19.4. The molecule has 0 spiro atoms. The number of rotatable bonds is 2. The topological polar surface area (TPSA) is 29.5 Å². The minimum absolute atomic E-state index is 0.0421. The smallest absolute Gasteiger partial charge is 0.416 e. The first-order valence-corrected chi connectivity index (χ1v) is 6.67. The number of amides is 1. The second-order valence-corrected chi connectivity index (χ2v) is 5.04. The van der Waals surface area contributed by atoms with E-state index < -0.39 is 23.5 Å². The monoisotopic (exact) mass is 325 g/mol. The highest BCUT2D eigenvalue weighted by Crippen LogP contribution is 2.37. The summed E-state index contributed by atoms with van der Waals surface area (Å²) in [5.41, 5.74) is -0.357. The molecule has 2 aromatic rings. The molecule has 0 radical (unpaired) electrons. The molecule has 0 saturated carbocycles. The Balaban J connectivity index is 2.00. The van der Waals surface area contributed by atoms with Crippen molar-refractivity contribution in [2.45, 2.75) is 12.7 Å². The van der Waals surface area contributed by atoms with E-state index in [0.29, 0.717) is 22.9 Å². The van der Waals surface area contributed by atoms with Crippen LogP contribution >= 0.6 is 0 Å². The molecule has 120 valence electrons. The largest absolute Gasteiger partial charge is 0.496 e. The van der Waals surface area contributed by atoms with Crippen molar-refractivity contribution in [2.75, 3.05) is 12.0 Å². The fraction of sp³-hybridized carbons (Fsp3) is 0.188. The van der Waals surface area contributed by atoms with Gasteiger partial charge in [0.15, 0.2) is 0 Å². The van der Waals surface area contributed by atoms with Crippen LogP contribution in [0.1, 0.15) is 21.5 Å². The van der Waals surface area contributed by atoms with Gasteiger partial charge in [0.25, 0.3) is 5.91 Å². The molecule has 7 heteroatoms. The van der Waals surface area contributed by atoms with Gasteiger partial charge in [-0.25, -0.2) is 4.39 Å². The second kappa shape index (κ2) is 5.26. The van der Waals surface area contributed by atoms with Crippen molar-refractivity contribution in [1.29, 1.82) is 0 Å². The Kier molecular flexibility index (Phi) is 3.50. The number of methoxy groups -OCH3 is 1. The zero-order valence-electron chi connectivity index (χ0n) is 11.9. The maximum atomic E-state index is 14.1. The summed E-state index contributed by atoms with van der Waals surface area (Å²) in [4.78, 5) is 13.5. The zero-order valence-corrected chi connectivity index (χ0v) is 11.9. The number of carbonyl (C=O) groups is 1. The van der Waals surface area contributed by atoms with Crippen molar-refractivity contribution in [2.24, 2.45) is 0 Å². The SMILES string of the molecule is COc1cccc2c1CN(c1ccc(C(F)(F)F)cc1F)C2=O. The Morgan fingerprint density at radius 2 is 1.91 bits per heavy atom. The summed E-state index contributed by atoms with van der Waals surface area (Å²) in [6.45, 7) is 0.0421. The Bertz CT molecular complexity index is 786. The first-order chi connectivity index (χ1) is 10.8. The van der Waals surface area contributed by atoms with Crippen molar-refractivity contribution in [3.8, 4) is 5.75 Å². The van der Waals surface area contributed by atoms with Gasteiger partial charge >= 0.3 is 6.18 Å². The number of fused-ring (bicyclic) bond motifs is 1. The number of benzene rings is 2. The van der Waals surface area contributed by atoms with Gasteiger partial charge < -0.3 is 9.64 Å². The van der Waals surface area contributed by atoms with Gasteiger partial charge in [-0.3, -0.25) is 4.79 Å². The molecule has 0 fully saturated rings. The standard InChI is InChI=1S/C16H11F4NO2/c1-23-14-4-2-3-10-11(14)8-21(15(10)22)13-6-5-9(7-12(13)17)16(18,19)20/h2-7H,8H2,1H3. The van der Waals surface area contributed by atoms with E-state index in [1.165, 1.54) is 7.11 Å². The van der Waals surface area contributed by atoms with E-state index in [1.54, 1.807) is 18.2 Å². The van der Waals surface area contributed by atoms with Gasteiger partial charge in [-0.2, -0.15) is 13.2 Å². The molecule has 0 aliphatic carbocycles. The highest BCUT2D eigenvalue weighted by Gasteiger charge is 2.35. The average molecular weight is 325 g/mol. The molecular formula is C16H11F4NO2. The number of hydrogen-bond acceptors (Lipinski definition) is 2. The third-order valence-corrected chi connectivity index (χ3v) is 3.71. The summed E-state index contributed by atoms with van der Waals surface area (Å²) in [7, 11) is 1.45. The quantitative estimate of drug-likeness (QED) is 0.781. The van der Waals surface area contributed by atoms with E-state index in [2.05, 4.69) is 0 Å². The summed E-state index contributed by atoms with van der Waals surface area (Å²) in [6, 6.07) is 6.98. The molecule has 2 aromatic carbocycles. The van der Waals surface area contributed by atoms with Gasteiger partial charge in [-0.15, -0.1) is 0 Å². The molecule has 0 atom stereocenters. The van der Waals surface area contributed by atoms with Crippen LogP contribution < -0.4 is 9.64 Å². The van der Waals surface area contributed by atoms with Gasteiger partial charge in [0.2, 0.25) is 0 Å². The molecule has 0 saturated heterocycles. The minimum atomic E-state index is -4.64. The molecule has 0 bridgehead atoms. The van der Waals surface area contributed by atoms with Crippen molar-refractivity contribution in [3.05, 3.63) is 58.9 Å². The third kappa shape index (κ3) is 2.52. The minimum Gasteiger partial charge on any atom is -0.496 e. The van der Waals surface area contributed by atoms with Crippen LogP contribution in [0.2, 0.25) is 0 Å². The predicted octanol–water partition coefficient (Wildman–Crippen LogP) is 4.01. The fourth-order valence-corrected chi connectivity index (χ4v) is 2.59. The molecule has 23 heavy (non-hydrogen) atoms. The summed E-state index contributed by atoms with van der Waals surface area (Å²) in [5.74, 6) is -1.09. The van der Waals surface area contributed by atoms with Gasteiger partial charge in [-0.05, 0) is 30.3 Å². The Hall–Kier alpha value is -2.57. The van der Waals surface area contributed by atoms with Gasteiger partial charge in [0, 0.05) is 11.1 Å².